The van der Waals surface area contributed by atoms with Crippen molar-refractivity contribution in [2.45, 2.75) is 46.0 Å². The van der Waals surface area contributed by atoms with Gasteiger partial charge in [0.25, 0.3) is 0 Å². The van der Waals surface area contributed by atoms with Gasteiger partial charge in [-0.15, -0.1) is 0 Å². The van der Waals surface area contributed by atoms with Crippen LogP contribution in [-0.4, -0.2) is 18.4 Å². The van der Waals surface area contributed by atoms with Crippen molar-refractivity contribution in [2.24, 2.45) is 5.92 Å². The van der Waals surface area contributed by atoms with Crippen LogP contribution in [0.5, 0.6) is 0 Å². The first kappa shape index (κ1) is 15.5. The van der Waals surface area contributed by atoms with E-state index in [2.05, 4.69) is 24.5 Å². The molecule has 0 aromatic heterocycles. The Balaban J connectivity index is 1.94. The molecule has 2 N–H and O–H groups in total. The highest BCUT2D eigenvalue weighted by Gasteiger charge is 2.25. The fourth-order valence-electron chi connectivity index (χ4n) is 2.51. The molecular weight excluding hydrogens is 264 g/mol. The molecule has 0 spiro atoms. The van der Waals surface area contributed by atoms with Crippen molar-refractivity contribution in [3.8, 4) is 0 Å². The van der Waals surface area contributed by atoms with Gasteiger partial charge >= 0.3 is 0 Å². The van der Waals surface area contributed by atoms with E-state index in [1.807, 2.05) is 25.1 Å². The topological polar surface area (TPSA) is 58.2 Å². The van der Waals surface area contributed by atoms with Crippen LogP contribution in [0.15, 0.2) is 18.2 Å². The molecule has 21 heavy (non-hydrogen) atoms. The largest absolute Gasteiger partial charge is 0.347 e. The first-order valence-electron chi connectivity index (χ1n) is 7.66. The average Bonchev–Trinajstić information content (AvgIpc) is 2.36. The van der Waals surface area contributed by atoms with Crippen LogP contribution in [0.1, 0.15) is 50.2 Å². The van der Waals surface area contributed by atoms with Crippen LogP contribution >= 0.6 is 0 Å². The molecule has 1 aliphatic rings. The summed E-state index contributed by atoms with van der Waals surface area (Å²) >= 11 is 0. The van der Waals surface area contributed by atoms with Crippen molar-refractivity contribution < 1.29 is 9.59 Å². The summed E-state index contributed by atoms with van der Waals surface area (Å²) in [5, 5.41) is 5.66. The molecule has 4 heteroatoms. The molecule has 114 valence electrons. The van der Waals surface area contributed by atoms with Crippen LogP contribution in [0.25, 0.3) is 0 Å². The van der Waals surface area contributed by atoms with Gasteiger partial charge in [0.2, 0.25) is 11.8 Å². The SMILES string of the molecule is Cc1cccc(C(C)C)c1NC(=O)CNC(=O)C1CCC1. The zero-order valence-electron chi connectivity index (χ0n) is 13.0. The summed E-state index contributed by atoms with van der Waals surface area (Å²) in [6, 6.07) is 6.01. The van der Waals surface area contributed by atoms with Crippen molar-refractivity contribution in [1.29, 1.82) is 0 Å². The molecule has 2 amide bonds. The van der Waals surface area contributed by atoms with E-state index in [9.17, 15) is 9.59 Å². The van der Waals surface area contributed by atoms with Crippen LogP contribution < -0.4 is 10.6 Å². The zero-order valence-corrected chi connectivity index (χ0v) is 13.0. The van der Waals surface area contributed by atoms with Gasteiger partial charge in [-0.1, -0.05) is 38.5 Å². The summed E-state index contributed by atoms with van der Waals surface area (Å²) in [7, 11) is 0. The number of carbonyl (C=O) groups excluding carboxylic acids is 2. The van der Waals surface area contributed by atoms with E-state index in [4.69, 9.17) is 0 Å². The van der Waals surface area contributed by atoms with Gasteiger partial charge in [-0.05, 0) is 36.8 Å². The lowest BCUT2D eigenvalue weighted by molar-refractivity contribution is -0.129. The summed E-state index contributed by atoms with van der Waals surface area (Å²) in [5.74, 6) is 0.288. The first-order valence-corrected chi connectivity index (χ1v) is 7.66. The third-order valence-electron chi connectivity index (χ3n) is 4.09. The molecule has 0 saturated heterocycles. The number of hydrogen-bond acceptors (Lipinski definition) is 2. The lowest BCUT2D eigenvalue weighted by Crippen LogP contribution is -2.39. The number of benzene rings is 1. The van der Waals surface area contributed by atoms with E-state index in [1.54, 1.807) is 0 Å². The Morgan fingerprint density at radius 2 is 2.00 bits per heavy atom. The lowest BCUT2D eigenvalue weighted by atomic mass is 9.85. The van der Waals surface area contributed by atoms with Crippen LogP contribution in [-0.2, 0) is 9.59 Å². The summed E-state index contributed by atoms with van der Waals surface area (Å²) in [6.07, 6.45) is 3.01. The third-order valence-corrected chi connectivity index (χ3v) is 4.09. The number of amides is 2. The molecule has 0 atom stereocenters. The van der Waals surface area contributed by atoms with Gasteiger partial charge in [-0.25, -0.2) is 0 Å². The Kier molecular flexibility index (Phi) is 4.99. The predicted molar refractivity (Wildman–Crippen MR) is 84.2 cm³/mol. The normalized spacial score (nSPS) is 14.7. The Bertz CT molecular complexity index is 534. The maximum Gasteiger partial charge on any atom is 0.243 e. The van der Waals surface area contributed by atoms with E-state index < -0.39 is 0 Å². The highest BCUT2D eigenvalue weighted by molar-refractivity contribution is 5.96. The monoisotopic (exact) mass is 288 g/mol. The van der Waals surface area contributed by atoms with Crippen LogP contribution in [0.2, 0.25) is 0 Å². The Morgan fingerprint density at radius 3 is 2.57 bits per heavy atom. The van der Waals surface area contributed by atoms with E-state index in [-0.39, 0.29) is 24.3 Å². The molecule has 2 rings (SSSR count). The second kappa shape index (κ2) is 6.74. The molecule has 1 aromatic rings. The highest BCUT2D eigenvalue weighted by atomic mass is 16.2. The minimum Gasteiger partial charge on any atom is -0.347 e. The molecule has 0 bridgehead atoms. The molecule has 0 heterocycles. The maximum atomic E-state index is 12.0. The van der Waals surface area contributed by atoms with Crippen LogP contribution in [0, 0.1) is 12.8 Å². The summed E-state index contributed by atoms with van der Waals surface area (Å²) in [6.45, 7) is 6.22. The van der Waals surface area contributed by atoms with Crippen molar-refractivity contribution in [2.75, 3.05) is 11.9 Å². The number of carbonyl (C=O) groups is 2. The second-order valence-corrected chi connectivity index (χ2v) is 6.09. The molecule has 1 aromatic carbocycles. The van der Waals surface area contributed by atoms with Gasteiger partial charge in [0.15, 0.2) is 0 Å². The van der Waals surface area contributed by atoms with Crippen LogP contribution in [0.4, 0.5) is 5.69 Å². The average molecular weight is 288 g/mol. The van der Waals surface area contributed by atoms with Gasteiger partial charge in [-0.2, -0.15) is 0 Å². The number of aryl methyl sites for hydroxylation is 1. The number of rotatable bonds is 5. The van der Waals surface area contributed by atoms with Crippen LogP contribution in [0.3, 0.4) is 0 Å². The molecule has 0 radical (unpaired) electrons. The maximum absolute atomic E-state index is 12.0. The Morgan fingerprint density at radius 1 is 1.29 bits per heavy atom. The third kappa shape index (κ3) is 3.84. The number of anilines is 1. The molecule has 1 aliphatic carbocycles. The summed E-state index contributed by atoms with van der Waals surface area (Å²) in [5.41, 5.74) is 3.03. The van der Waals surface area contributed by atoms with Crippen molar-refractivity contribution in [1.82, 2.24) is 5.32 Å². The smallest absolute Gasteiger partial charge is 0.243 e. The fourth-order valence-corrected chi connectivity index (χ4v) is 2.51. The highest BCUT2D eigenvalue weighted by Crippen LogP contribution is 2.27. The minimum atomic E-state index is -0.168. The fraction of sp³-hybridized carbons (Fsp3) is 0.529. The summed E-state index contributed by atoms with van der Waals surface area (Å²) in [4.78, 5) is 23.8. The first-order chi connectivity index (χ1) is 9.99. The standard InChI is InChI=1S/C17H24N2O2/c1-11(2)14-9-4-6-12(3)16(14)19-15(20)10-18-17(21)13-7-5-8-13/h4,6,9,11,13H,5,7-8,10H2,1-3H3,(H,18,21)(H,19,20). The van der Waals surface area contributed by atoms with E-state index in [0.717, 1.165) is 36.1 Å². The second-order valence-electron chi connectivity index (χ2n) is 6.09. The van der Waals surface area contributed by atoms with Crippen molar-refractivity contribution >= 4 is 17.5 Å². The van der Waals surface area contributed by atoms with E-state index >= 15 is 0 Å². The quantitative estimate of drug-likeness (QED) is 0.875. The van der Waals surface area contributed by atoms with Gasteiger partial charge in [-0.3, -0.25) is 9.59 Å². The molecule has 1 fully saturated rings. The Hall–Kier alpha value is -1.84. The molecule has 1 saturated carbocycles. The summed E-state index contributed by atoms with van der Waals surface area (Å²) < 4.78 is 0. The zero-order chi connectivity index (χ0) is 15.4. The van der Waals surface area contributed by atoms with Gasteiger partial charge < -0.3 is 10.6 Å². The molecular formula is C17H24N2O2. The number of para-hydroxylation sites is 1. The van der Waals surface area contributed by atoms with Gasteiger partial charge in [0.05, 0.1) is 6.54 Å². The Labute approximate surface area is 126 Å². The van der Waals surface area contributed by atoms with Gasteiger partial charge in [0.1, 0.15) is 0 Å². The number of nitrogens with one attached hydrogen (secondary N) is 2. The van der Waals surface area contributed by atoms with E-state index in [1.165, 1.54) is 0 Å². The minimum absolute atomic E-state index is 0.00488. The molecule has 0 unspecified atom stereocenters. The van der Waals surface area contributed by atoms with Gasteiger partial charge in [0, 0.05) is 11.6 Å². The molecule has 4 nitrogen and oxygen atoms in total. The molecule has 0 aliphatic heterocycles. The van der Waals surface area contributed by atoms with Crippen molar-refractivity contribution in [3.05, 3.63) is 29.3 Å². The lowest BCUT2D eigenvalue weighted by Gasteiger charge is -2.24. The van der Waals surface area contributed by atoms with E-state index in [0.29, 0.717) is 5.92 Å². The number of hydrogen-bond donors (Lipinski definition) is 2. The van der Waals surface area contributed by atoms with Crippen molar-refractivity contribution in [3.63, 3.8) is 0 Å². The predicted octanol–water partition coefficient (Wildman–Crippen LogP) is 2.97.